The molecule has 2 aromatic rings. The highest BCUT2D eigenvalue weighted by Crippen LogP contribution is 2.15. The predicted octanol–water partition coefficient (Wildman–Crippen LogP) is 2.34. The van der Waals surface area contributed by atoms with Crippen molar-refractivity contribution in [3.63, 3.8) is 0 Å². The van der Waals surface area contributed by atoms with Crippen molar-refractivity contribution in [1.29, 1.82) is 5.26 Å². The van der Waals surface area contributed by atoms with Gasteiger partial charge in [0.05, 0.1) is 17.8 Å². The molecule has 1 N–H and O–H groups in total. The molecular weight excluding hydrogens is 226 g/mol. The SMILES string of the molecule is CC(C)n1ncnc1CNc1ccccc1C#N. The van der Waals surface area contributed by atoms with Crippen LogP contribution >= 0.6 is 0 Å². The second-order valence-corrected chi connectivity index (χ2v) is 4.23. The zero-order chi connectivity index (χ0) is 13.0. The van der Waals surface area contributed by atoms with Crippen LogP contribution in [0, 0.1) is 11.3 Å². The first-order chi connectivity index (χ1) is 8.72. The minimum Gasteiger partial charge on any atom is -0.377 e. The molecule has 18 heavy (non-hydrogen) atoms. The normalized spacial score (nSPS) is 10.3. The van der Waals surface area contributed by atoms with E-state index >= 15 is 0 Å². The fourth-order valence-electron chi connectivity index (χ4n) is 1.74. The van der Waals surface area contributed by atoms with Crippen molar-refractivity contribution in [1.82, 2.24) is 14.8 Å². The van der Waals surface area contributed by atoms with Gasteiger partial charge in [0.2, 0.25) is 0 Å². The summed E-state index contributed by atoms with van der Waals surface area (Å²) >= 11 is 0. The maximum atomic E-state index is 9.00. The molecule has 0 aliphatic heterocycles. The molecule has 92 valence electrons. The van der Waals surface area contributed by atoms with Crippen molar-refractivity contribution in [2.75, 3.05) is 5.32 Å². The van der Waals surface area contributed by atoms with Gasteiger partial charge < -0.3 is 5.32 Å². The van der Waals surface area contributed by atoms with Crippen LogP contribution in [0.2, 0.25) is 0 Å². The van der Waals surface area contributed by atoms with Crippen LogP contribution in [0.4, 0.5) is 5.69 Å². The summed E-state index contributed by atoms with van der Waals surface area (Å²) in [5, 5.41) is 16.4. The number of benzene rings is 1. The average molecular weight is 241 g/mol. The van der Waals surface area contributed by atoms with Crippen molar-refractivity contribution in [2.45, 2.75) is 26.4 Å². The summed E-state index contributed by atoms with van der Waals surface area (Å²) in [5.41, 5.74) is 1.45. The lowest BCUT2D eigenvalue weighted by Crippen LogP contribution is -2.12. The summed E-state index contributed by atoms with van der Waals surface area (Å²) in [7, 11) is 0. The number of hydrogen-bond acceptors (Lipinski definition) is 4. The lowest BCUT2D eigenvalue weighted by atomic mass is 10.2. The molecule has 5 nitrogen and oxygen atoms in total. The molecule has 0 bridgehead atoms. The molecular formula is C13H15N5. The first-order valence-electron chi connectivity index (χ1n) is 5.83. The molecule has 2 rings (SSSR count). The standard InChI is InChI=1S/C13H15N5/c1-10(2)18-13(16-9-17-18)8-15-12-6-4-3-5-11(12)7-14/h3-6,9-10,15H,8H2,1-2H3. The summed E-state index contributed by atoms with van der Waals surface area (Å²) in [4.78, 5) is 4.21. The third-order valence-electron chi connectivity index (χ3n) is 2.62. The van der Waals surface area contributed by atoms with Gasteiger partial charge in [-0.1, -0.05) is 12.1 Å². The number of rotatable bonds is 4. The highest BCUT2D eigenvalue weighted by molar-refractivity contribution is 5.57. The maximum Gasteiger partial charge on any atom is 0.146 e. The molecule has 0 aliphatic carbocycles. The van der Waals surface area contributed by atoms with Crippen LogP contribution in [0.5, 0.6) is 0 Å². The minimum atomic E-state index is 0.274. The number of nitrogens with zero attached hydrogens (tertiary/aromatic N) is 4. The van der Waals surface area contributed by atoms with Crippen molar-refractivity contribution in [2.24, 2.45) is 0 Å². The number of anilines is 1. The Morgan fingerprint density at radius 2 is 2.17 bits per heavy atom. The van der Waals surface area contributed by atoms with Crippen molar-refractivity contribution in [3.8, 4) is 6.07 Å². The summed E-state index contributed by atoms with van der Waals surface area (Å²) in [5.74, 6) is 0.859. The molecule has 0 fully saturated rings. The van der Waals surface area contributed by atoms with E-state index in [2.05, 4.69) is 35.3 Å². The first-order valence-corrected chi connectivity index (χ1v) is 5.83. The van der Waals surface area contributed by atoms with Crippen LogP contribution in [-0.2, 0) is 6.54 Å². The predicted molar refractivity (Wildman–Crippen MR) is 68.9 cm³/mol. The Bertz CT molecular complexity index is 565. The van der Waals surface area contributed by atoms with Gasteiger partial charge in [0, 0.05) is 6.04 Å². The highest BCUT2D eigenvalue weighted by Gasteiger charge is 2.08. The minimum absolute atomic E-state index is 0.274. The van der Waals surface area contributed by atoms with Gasteiger partial charge in [-0.25, -0.2) is 9.67 Å². The average Bonchev–Trinajstić information content (AvgIpc) is 2.85. The van der Waals surface area contributed by atoms with Crippen LogP contribution in [0.15, 0.2) is 30.6 Å². The Labute approximate surface area is 106 Å². The number of para-hydroxylation sites is 1. The van der Waals surface area contributed by atoms with Crippen LogP contribution in [-0.4, -0.2) is 14.8 Å². The van der Waals surface area contributed by atoms with Gasteiger partial charge in [0.1, 0.15) is 18.2 Å². The molecule has 0 radical (unpaired) electrons. The monoisotopic (exact) mass is 241 g/mol. The summed E-state index contributed by atoms with van der Waals surface area (Å²) in [6.45, 7) is 4.67. The van der Waals surface area contributed by atoms with E-state index in [4.69, 9.17) is 5.26 Å². The Hall–Kier alpha value is -2.35. The number of hydrogen-bond donors (Lipinski definition) is 1. The summed E-state index contributed by atoms with van der Waals surface area (Å²) < 4.78 is 1.86. The Morgan fingerprint density at radius 1 is 1.39 bits per heavy atom. The molecule has 1 heterocycles. The molecule has 0 aliphatic rings. The summed E-state index contributed by atoms with van der Waals surface area (Å²) in [6.07, 6.45) is 1.55. The fourth-order valence-corrected chi connectivity index (χ4v) is 1.74. The molecule has 0 spiro atoms. The second kappa shape index (κ2) is 5.32. The van der Waals surface area contributed by atoms with Gasteiger partial charge >= 0.3 is 0 Å². The van der Waals surface area contributed by atoms with Crippen molar-refractivity contribution >= 4 is 5.69 Å². The van der Waals surface area contributed by atoms with Crippen molar-refractivity contribution in [3.05, 3.63) is 42.0 Å². The maximum absolute atomic E-state index is 9.00. The van der Waals surface area contributed by atoms with E-state index in [1.54, 1.807) is 12.4 Å². The third kappa shape index (κ3) is 2.48. The quantitative estimate of drug-likeness (QED) is 0.892. The van der Waals surface area contributed by atoms with Crippen LogP contribution < -0.4 is 5.32 Å². The second-order valence-electron chi connectivity index (χ2n) is 4.23. The van der Waals surface area contributed by atoms with E-state index < -0.39 is 0 Å². The van der Waals surface area contributed by atoms with Crippen LogP contribution in [0.25, 0.3) is 0 Å². The number of nitrogens with one attached hydrogen (secondary N) is 1. The molecule has 0 amide bonds. The smallest absolute Gasteiger partial charge is 0.146 e. The molecule has 0 saturated carbocycles. The van der Waals surface area contributed by atoms with E-state index in [0.717, 1.165) is 11.5 Å². The van der Waals surface area contributed by atoms with Gasteiger partial charge in [0.25, 0.3) is 0 Å². The molecule has 1 aromatic carbocycles. The largest absolute Gasteiger partial charge is 0.377 e. The van der Waals surface area contributed by atoms with Gasteiger partial charge in [-0.05, 0) is 26.0 Å². The molecule has 0 atom stereocenters. The third-order valence-corrected chi connectivity index (χ3v) is 2.62. The first kappa shape index (κ1) is 12.1. The van der Waals surface area contributed by atoms with Crippen LogP contribution in [0.1, 0.15) is 31.3 Å². The lowest BCUT2D eigenvalue weighted by molar-refractivity contribution is 0.509. The van der Waals surface area contributed by atoms with E-state index in [-0.39, 0.29) is 6.04 Å². The van der Waals surface area contributed by atoms with Gasteiger partial charge in [-0.3, -0.25) is 0 Å². The van der Waals surface area contributed by atoms with E-state index in [9.17, 15) is 0 Å². The number of nitriles is 1. The Balaban J connectivity index is 2.12. The number of aromatic nitrogens is 3. The lowest BCUT2D eigenvalue weighted by Gasteiger charge is -2.11. The van der Waals surface area contributed by atoms with Crippen LogP contribution in [0.3, 0.4) is 0 Å². The molecule has 1 aromatic heterocycles. The highest BCUT2D eigenvalue weighted by atomic mass is 15.4. The zero-order valence-electron chi connectivity index (χ0n) is 10.5. The Kier molecular flexibility index (Phi) is 3.58. The fraction of sp³-hybridized carbons (Fsp3) is 0.308. The zero-order valence-corrected chi connectivity index (χ0v) is 10.5. The van der Waals surface area contributed by atoms with E-state index in [1.165, 1.54) is 0 Å². The topological polar surface area (TPSA) is 66.5 Å². The molecule has 0 saturated heterocycles. The van der Waals surface area contributed by atoms with Gasteiger partial charge in [-0.15, -0.1) is 0 Å². The molecule has 0 unspecified atom stereocenters. The van der Waals surface area contributed by atoms with Gasteiger partial charge in [-0.2, -0.15) is 10.4 Å². The van der Waals surface area contributed by atoms with E-state index in [1.807, 2.05) is 22.9 Å². The summed E-state index contributed by atoms with van der Waals surface area (Å²) in [6, 6.07) is 9.85. The van der Waals surface area contributed by atoms with Gasteiger partial charge in [0.15, 0.2) is 0 Å². The Morgan fingerprint density at radius 3 is 2.89 bits per heavy atom. The molecule has 5 heteroatoms. The van der Waals surface area contributed by atoms with Crippen molar-refractivity contribution < 1.29 is 0 Å². The van der Waals surface area contributed by atoms with E-state index in [0.29, 0.717) is 12.1 Å².